The second-order valence-electron chi connectivity index (χ2n) is 6.35. The number of likely N-dealkylation sites (tertiary alicyclic amines) is 1. The van der Waals surface area contributed by atoms with E-state index in [1.54, 1.807) is 6.07 Å². The van der Waals surface area contributed by atoms with Crippen molar-refractivity contribution in [2.45, 2.75) is 25.3 Å². The fourth-order valence-corrected chi connectivity index (χ4v) is 4.37. The molecule has 1 atom stereocenters. The zero-order chi connectivity index (χ0) is 16.9. The number of benzene rings is 1. The van der Waals surface area contributed by atoms with Crippen LogP contribution in [-0.4, -0.2) is 48.4 Å². The average molecular weight is 363 g/mol. The Morgan fingerprint density at radius 1 is 1.33 bits per heavy atom. The third-order valence-electron chi connectivity index (χ3n) is 4.72. The number of thiophene rings is 1. The van der Waals surface area contributed by atoms with Crippen LogP contribution in [-0.2, 0) is 6.42 Å². The maximum Gasteiger partial charge on any atom is 0.265 e. The summed E-state index contributed by atoms with van der Waals surface area (Å²) < 4.78 is 0. The Morgan fingerprint density at radius 3 is 2.83 bits per heavy atom. The predicted octanol–water partition coefficient (Wildman–Crippen LogP) is 4.18. The summed E-state index contributed by atoms with van der Waals surface area (Å²) in [5.41, 5.74) is 1.37. The lowest BCUT2D eigenvalue weighted by Crippen LogP contribution is -2.48. The molecule has 1 aromatic carbocycles. The molecule has 1 aliphatic rings. The number of halogens is 1. The molecular formula is C19H23ClN2OS. The molecule has 3 rings (SSSR count). The van der Waals surface area contributed by atoms with Crippen molar-refractivity contribution in [3.05, 3.63) is 57.2 Å². The normalized spacial score (nSPS) is 18.5. The Labute approximate surface area is 152 Å². The predicted molar refractivity (Wildman–Crippen MR) is 101 cm³/mol. The lowest BCUT2D eigenvalue weighted by molar-refractivity contribution is 0.0624. The van der Waals surface area contributed by atoms with Gasteiger partial charge in [0.05, 0.1) is 5.02 Å². The summed E-state index contributed by atoms with van der Waals surface area (Å²) in [6.07, 6.45) is 3.25. The van der Waals surface area contributed by atoms with Gasteiger partial charge < -0.3 is 9.80 Å². The summed E-state index contributed by atoms with van der Waals surface area (Å²) >= 11 is 7.54. The van der Waals surface area contributed by atoms with Crippen molar-refractivity contribution in [1.29, 1.82) is 0 Å². The van der Waals surface area contributed by atoms with E-state index in [2.05, 4.69) is 35.2 Å². The fraction of sp³-hybridized carbons (Fsp3) is 0.421. The third-order valence-corrected chi connectivity index (χ3v) is 6.05. The highest BCUT2D eigenvalue weighted by atomic mass is 35.5. The lowest BCUT2D eigenvalue weighted by atomic mass is 10.0. The molecule has 5 heteroatoms. The highest BCUT2D eigenvalue weighted by Crippen LogP contribution is 2.25. The molecule has 1 fully saturated rings. The largest absolute Gasteiger partial charge is 0.337 e. The minimum atomic E-state index is 0.0462. The van der Waals surface area contributed by atoms with Gasteiger partial charge in [0.15, 0.2) is 0 Å². The van der Waals surface area contributed by atoms with Gasteiger partial charge in [-0.05, 0) is 42.8 Å². The van der Waals surface area contributed by atoms with Crippen LogP contribution in [0.4, 0.5) is 0 Å². The van der Waals surface area contributed by atoms with Gasteiger partial charge >= 0.3 is 0 Å². The molecule has 24 heavy (non-hydrogen) atoms. The Kier molecular flexibility index (Phi) is 5.93. The van der Waals surface area contributed by atoms with E-state index in [9.17, 15) is 4.79 Å². The maximum atomic E-state index is 12.6. The highest BCUT2D eigenvalue weighted by molar-refractivity contribution is 7.12. The topological polar surface area (TPSA) is 23.6 Å². The fourth-order valence-electron chi connectivity index (χ4n) is 3.25. The van der Waals surface area contributed by atoms with Gasteiger partial charge in [-0.1, -0.05) is 41.9 Å². The van der Waals surface area contributed by atoms with Crippen LogP contribution in [0, 0.1) is 0 Å². The molecule has 0 spiro atoms. The van der Waals surface area contributed by atoms with Gasteiger partial charge in [0.2, 0.25) is 0 Å². The number of nitrogens with zero attached hydrogens (tertiary/aromatic N) is 2. The standard InChI is InChI=1S/C19H23ClN2OS/c1-21(19(23)18-17(20)10-13-24-18)16-8-5-11-22(14-16)12-9-15-6-3-2-4-7-15/h2-4,6-7,10,13,16H,5,8-9,11-12,14H2,1H3/t16-/m0/s1. The van der Waals surface area contributed by atoms with Gasteiger partial charge in [0.1, 0.15) is 4.88 Å². The first kappa shape index (κ1) is 17.5. The van der Waals surface area contributed by atoms with E-state index in [-0.39, 0.29) is 11.9 Å². The summed E-state index contributed by atoms with van der Waals surface area (Å²) in [6.45, 7) is 3.10. The van der Waals surface area contributed by atoms with Crippen molar-refractivity contribution in [3.63, 3.8) is 0 Å². The van der Waals surface area contributed by atoms with Crippen molar-refractivity contribution >= 4 is 28.8 Å². The molecule has 0 radical (unpaired) electrons. The summed E-state index contributed by atoms with van der Waals surface area (Å²) in [5.74, 6) is 0.0462. The van der Waals surface area contributed by atoms with Crippen molar-refractivity contribution in [1.82, 2.24) is 9.80 Å². The van der Waals surface area contributed by atoms with Crippen LogP contribution in [0.15, 0.2) is 41.8 Å². The van der Waals surface area contributed by atoms with Crippen LogP contribution in [0.5, 0.6) is 0 Å². The van der Waals surface area contributed by atoms with Crippen molar-refractivity contribution in [2.75, 3.05) is 26.7 Å². The Hall–Kier alpha value is -1.36. The van der Waals surface area contributed by atoms with Gasteiger partial charge in [0.25, 0.3) is 5.91 Å². The minimum absolute atomic E-state index is 0.0462. The number of piperidine rings is 1. The van der Waals surface area contributed by atoms with Crippen LogP contribution < -0.4 is 0 Å². The molecule has 1 amide bonds. The molecule has 2 aromatic rings. The molecule has 0 N–H and O–H groups in total. The van der Waals surface area contributed by atoms with Crippen LogP contribution in [0.25, 0.3) is 0 Å². The summed E-state index contributed by atoms with van der Waals surface area (Å²) in [4.78, 5) is 17.7. The summed E-state index contributed by atoms with van der Waals surface area (Å²) in [6, 6.07) is 12.6. The zero-order valence-corrected chi connectivity index (χ0v) is 15.5. The minimum Gasteiger partial charge on any atom is -0.337 e. The molecule has 3 nitrogen and oxygen atoms in total. The molecular weight excluding hydrogens is 340 g/mol. The number of carbonyl (C=O) groups is 1. The van der Waals surface area contributed by atoms with E-state index in [0.29, 0.717) is 9.90 Å². The Morgan fingerprint density at radius 2 is 2.12 bits per heavy atom. The Balaban J connectivity index is 1.56. The Bertz CT molecular complexity index is 673. The first-order valence-electron chi connectivity index (χ1n) is 8.41. The van der Waals surface area contributed by atoms with Crippen molar-refractivity contribution in [3.8, 4) is 0 Å². The summed E-state index contributed by atoms with van der Waals surface area (Å²) in [7, 11) is 1.91. The van der Waals surface area contributed by atoms with Crippen LogP contribution in [0.3, 0.4) is 0 Å². The maximum absolute atomic E-state index is 12.6. The zero-order valence-electron chi connectivity index (χ0n) is 14.0. The third kappa shape index (κ3) is 4.18. The summed E-state index contributed by atoms with van der Waals surface area (Å²) in [5, 5.41) is 2.43. The van der Waals surface area contributed by atoms with Crippen molar-refractivity contribution in [2.24, 2.45) is 0 Å². The highest BCUT2D eigenvalue weighted by Gasteiger charge is 2.27. The molecule has 0 unspecified atom stereocenters. The van der Waals surface area contributed by atoms with Gasteiger partial charge in [-0.3, -0.25) is 4.79 Å². The molecule has 0 aliphatic carbocycles. The van der Waals surface area contributed by atoms with E-state index in [4.69, 9.17) is 11.6 Å². The quantitative estimate of drug-likeness (QED) is 0.796. The number of likely N-dealkylation sites (N-methyl/N-ethyl adjacent to an activating group) is 1. The number of hydrogen-bond acceptors (Lipinski definition) is 3. The molecule has 0 saturated carbocycles. The number of hydrogen-bond donors (Lipinski definition) is 0. The van der Waals surface area contributed by atoms with Crippen LogP contribution >= 0.6 is 22.9 Å². The first-order chi connectivity index (χ1) is 11.6. The molecule has 2 heterocycles. The van der Waals surface area contributed by atoms with E-state index < -0.39 is 0 Å². The number of rotatable bonds is 5. The molecule has 128 valence electrons. The van der Waals surface area contributed by atoms with Crippen LogP contribution in [0.1, 0.15) is 28.1 Å². The van der Waals surface area contributed by atoms with E-state index in [1.807, 2.05) is 17.3 Å². The van der Waals surface area contributed by atoms with Gasteiger partial charge in [-0.2, -0.15) is 0 Å². The first-order valence-corrected chi connectivity index (χ1v) is 9.67. The SMILES string of the molecule is CN(C(=O)c1sccc1Cl)[C@H]1CCCN(CCc2ccccc2)C1. The average Bonchev–Trinajstić information content (AvgIpc) is 3.06. The van der Waals surface area contributed by atoms with Gasteiger partial charge in [0, 0.05) is 26.2 Å². The monoisotopic (exact) mass is 362 g/mol. The lowest BCUT2D eigenvalue weighted by Gasteiger charge is -2.37. The van der Waals surface area contributed by atoms with E-state index in [1.165, 1.54) is 16.9 Å². The van der Waals surface area contributed by atoms with Gasteiger partial charge in [-0.25, -0.2) is 0 Å². The molecule has 0 bridgehead atoms. The van der Waals surface area contributed by atoms with Crippen LogP contribution in [0.2, 0.25) is 5.02 Å². The molecule has 1 aliphatic heterocycles. The molecule has 1 aromatic heterocycles. The smallest absolute Gasteiger partial charge is 0.265 e. The van der Waals surface area contributed by atoms with Crippen molar-refractivity contribution < 1.29 is 4.79 Å². The van der Waals surface area contributed by atoms with E-state index >= 15 is 0 Å². The second kappa shape index (κ2) is 8.15. The number of carbonyl (C=O) groups excluding carboxylic acids is 1. The second-order valence-corrected chi connectivity index (χ2v) is 7.67. The van der Waals surface area contributed by atoms with E-state index in [0.717, 1.165) is 38.9 Å². The van der Waals surface area contributed by atoms with Gasteiger partial charge in [-0.15, -0.1) is 11.3 Å². The number of amides is 1. The molecule has 1 saturated heterocycles.